The number of hydrogen-bond acceptors (Lipinski definition) is 7. The van der Waals surface area contributed by atoms with E-state index in [2.05, 4.69) is 20.3 Å². The molecule has 0 unspecified atom stereocenters. The smallest absolute Gasteiger partial charge is 0.360 e. The monoisotopic (exact) mass is 258 g/mol. The Morgan fingerprint density at radius 3 is 3.12 bits per heavy atom. The van der Waals surface area contributed by atoms with Crippen LogP contribution in [0.3, 0.4) is 0 Å². The first-order valence-electron chi connectivity index (χ1n) is 4.48. The largest absolute Gasteiger partial charge is 0.476 e. The highest BCUT2D eigenvalue weighted by molar-refractivity contribution is 7.14. The van der Waals surface area contributed by atoms with Gasteiger partial charge in [0.15, 0.2) is 5.13 Å². The van der Waals surface area contributed by atoms with E-state index in [0.717, 1.165) is 11.3 Å². The van der Waals surface area contributed by atoms with Crippen LogP contribution < -0.4 is 11.1 Å². The number of carboxylic acids is 1. The summed E-state index contributed by atoms with van der Waals surface area (Å²) >= 11 is 1.08. The normalized spacial score (nSPS) is 11.0. The SMILES string of the molecule is NCCO/N=C(\C(=O)O)c1csc(NC=O)n1. The Bertz CT molecular complexity index is 431. The van der Waals surface area contributed by atoms with E-state index in [1.165, 1.54) is 5.38 Å². The molecule has 1 aromatic rings. The number of carboxylic acid groups (broad SMARTS) is 1. The first-order valence-corrected chi connectivity index (χ1v) is 5.36. The van der Waals surface area contributed by atoms with Gasteiger partial charge in [0, 0.05) is 11.9 Å². The topological polar surface area (TPSA) is 127 Å². The number of amides is 1. The van der Waals surface area contributed by atoms with E-state index < -0.39 is 5.97 Å². The maximum absolute atomic E-state index is 10.9. The Balaban J connectivity index is 2.85. The number of nitrogens with two attached hydrogens (primary N) is 1. The van der Waals surface area contributed by atoms with Crippen molar-refractivity contribution < 1.29 is 19.5 Å². The third kappa shape index (κ3) is 3.81. The molecule has 1 heterocycles. The number of thiazole rings is 1. The number of anilines is 1. The molecule has 0 aliphatic rings. The zero-order chi connectivity index (χ0) is 12.7. The number of aromatic nitrogens is 1. The molecule has 0 fully saturated rings. The third-order valence-electron chi connectivity index (χ3n) is 1.50. The number of nitrogens with one attached hydrogen (secondary N) is 1. The van der Waals surface area contributed by atoms with E-state index in [1.54, 1.807) is 0 Å². The van der Waals surface area contributed by atoms with Gasteiger partial charge in [-0.2, -0.15) is 0 Å². The van der Waals surface area contributed by atoms with Gasteiger partial charge in [0.2, 0.25) is 12.1 Å². The van der Waals surface area contributed by atoms with Crippen LogP contribution in [-0.2, 0) is 14.4 Å². The Hall–Kier alpha value is -2.00. The lowest BCUT2D eigenvalue weighted by molar-refractivity contribution is -0.129. The molecule has 1 amide bonds. The summed E-state index contributed by atoms with van der Waals surface area (Å²) in [6, 6.07) is 0. The van der Waals surface area contributed by atoms with Gasteiger partial charge in [0.1, 0.15) is 12.3 Å². The Morgan fingerprint density at radius 2 is 2.53 bits per heavy atom. The molecule has 0 radical (unpaired) electrons. The van der Waals surface area contributed by atoms with E-state index in [0.29, 0.717) is 6.41 Å². The van der Waals surface area contributed by atoms with E-state index in [4.69, 9.17) is 10.8 Å². The summed E-state index contributed by atoms with van der Waals surface area (Å²) in [7, 11) is 0. The van der Waals surface area contributed by atoms with Crippen LogP contribution in [0.15, 0.2) is 10.5 Å². The van der Waals surface area contributed by atoms with Crippen molar-refractivity contribution in [3.8, 4) is 0 Å². The first kappa shape index (κ1) is 13.1. The van der Waals surface area contributed by atoms with Gasteiger partial charge in [-0.3, -0.25) is 4.79 Å². The number of nitrogens with zero attached hydrogens (tertiary/aromatic N) is 2. The summed E-state index contributed by atoms with van der Waals surface area (Å²) < 4.78 is 0. The van der Waals surface area contributed by atoms with Crippen LogP contribution in [0.1, 0.15) is 5.69 Å². The summed E-state index contributed by atoms with van der Waals surface area (Å²) in [6.45, 7) is 0.339. The second-order valence-corrected chi connectivity index (χ2v) is 3.53. The quantitative estimate of drug-likeness (QED) is 0.261. The fraction of sp³-hybridized carbons (Fsp3) is 0.250. The average Bonchev–Trinajstić information content (AvgIpc) is 2.73. The van der Waals surface area contributed by atoms with Gasteiger partial charge in [-0.25, -0.2) is 9.78 Å². The Labute approximate surface area is 100 Å². The molecule has 0 saturated heterocycles. The highest BCUT2D eigenvalue weighted by atomic mass is 32.1. The fourth-order valence-electron chi connectivity index (χ4n) is 0.857. The van der Waals surface area contributed by atoms with Crippen molar-refractivity contribution in [1.82, 2.24) is 4.98 Å². The maximum atomic E-state index is 10.9. The van der Waals surface area contributed by atoms with E-state index in [9.17, 15) is 9.59 Å². The molecule has 0 bridgehead atoms. The lowest BCUT2D eigenvalue weighted by Gasteiger charge is -1.98. The molecule has 8 nitrogen and oxygen atoms in total. The number of carbonyl (C=O) groups is 2. The standard InChI is InChI=1S/C8H10N4O4S/c9-1-2-16-12-6(7(14)15)5-3-17-8(11-5)10-4-13/h3-4H,1-2,9H2,(H,14,15)(H,10,11,13)/b12-6-. The van der Waals surface area contributed by atoms with Gasteiger partial charge in [-0.1, -0.05) is 5.16 Å². The molecule has 17 heavy (non-hydrogen) atoms. The maximum Gasteiger partial charge on any atom is 0.360 e. The molecular weight excluding hydrogens is 248 g/mol. The average molecular weight is 258 g/mol. The zero-order valence-electron chi connectivity index (χ0n) is 8.62. The van der Waals surface area contributed by atoms with Gasteiger partial charge in [-0.15, -0.1) is 11.3 Å². The van der Waals surface area contributed by atoms with Crippen LogP contribution >= 0.6 is 11.3 Å². The minimum atomic E-state index is -1.27. The second-order valence-electron chi connectivity index (χ2n) is 2.67. The van der Waals surface area contributed by atoms with Crippen LogP contribution in [0.5, 0.6) is 0 Å². The molecule has 0 saturated carbocycles. The minimum absolute atomic E-state index is 0.111. The van der Waals surface area contributed by atoms with Crippen molar-refractivity contribution in [1.29, 1.82) is 0 Å². The number of hydrogen-bond donors (Lipinski definition) is 3. The Kier molecular flexibility index (Phi) is 5.04. The Morgan fingerprint density at radius 1 is 1.76 bits per heavy atom. The lowest BCUT2D eigenvalue weighted by atomic mass is 10.3. The molecule has 1 rings (SSSR count). The van der Waals surface area contributed by atoms with Crippen LogP contribution in [0, 0.1) is 0 Å². The first-order chi connectivity index (χ1) is 8.19. The van der Waals surface area contributed by atoms with Gasteiger partial charge >= 0.3 is 5.97 Å². The predicted molar refractivity (Wildman–Crippen MR) is 61.0 cm³/mol. The minimum Gasteiger partial charge on any atom is -0.476 e. The molecule has 92 valence electrons. The highest BCUT2D eigenvalue weighted by Gasteiger charge is 2.17. The fourth-order valence-corrected chi connectivity index (χ4v) is 1.51. The summed E-state index contributed by atoms with van der Waals surface area (Å²) in [4.78, 5) is 29.6. The number of oxime groups is 1. The van der Waals surface area contributed by atoms with Crippen LogP contribution in [0.25, 0.3) is 0 Å². The van der Waals surface area contributed by atoms with Crippen LogP contribution in [0.4, 0.5) is 5.13 Å². The van der Waals surface area contributed by atoms with Gasteiger partial charge in [0.25, 0.3) is 0 Å². The lowest BCUT2D eigenvalue weighted by Crippen LogP contribution is -2.16. The third-order valence-corrected chi connectivity index (χ3v) is 2.27. The molecule has 0 atom stereocenters. The van der Waals surface area contributed by atoms with Crippen molar-refractivity contribution in [2.45, 2.75) is 0 Å². The van der Waals surface area contributed by atoms with Crippen molar-refractivity contribution in [2.75, 3.05) is 18.5 Å². The van der Waals surface area contributed by atoms with Crippen molar-refractivity contribution in [3.63, 3.8) is 0 Å². The molecule has 0 aliphatic carbocycles. The summed E-state index contributed by atoms with van der Waals surface area (Å²) in [5, 5.41) is 16.4. The van der Waals surface area contributed by atoms with Crippen LogP contribution in [-0.4, -0.2) is 41.3 Å². The van der Waals surface area contributed by atoms with Crippen molar-refractivity contribution in [3.05, 3.63) is 11.1 Å². The zero-order valence-corrected chi connectivity index (χ0v) is 9.44. The van der Waals surface area contributed by atoms with Gasteiger partial charge < -0.3 is 21.0 Å². The molecule has 9 heteroatoms. The van der Waals surface area contributed by atoms with Gasteiger partial charge in [-0.05, 0) is 0 Å². The second kappa shape index (κ2) is 6.55. The summed E-state index contributed by atoms with van der Waals surface area (Å²) in [6.07, 6.45) is 0.450. The number of rotatable bonds is 7. The molecule has 0 aromatic carbocycles. The molecule has 4 N–H and O–H groups in total. The highest BCUT2D eigenvalue weighted by Crippen LogP contribution is 2.15. The molecule has 0 aliphatic heterocycles. The van der Waals surface area contributed by atoms with Crippen molar-refractivity contribution >= 4 is 34.6 Å². The predicted octanol–water partition coefficient (Wildman–Crippen LogP) is -0.525. The summed E-state index contributed by atoms with van der Waals surface area (Å²) in [5.74, 6) is -1.27. The number of carbonyl (C=O) groups excluding carboxylic acids is 1. The van der Waals surface area contributed by atoms with E-state index in [-0.39, 0.29) is 29.7 Å². The van der Waals surface area contributed by atoms with Gasteiger partial charge in [0.05, 0.1) is 0 Å². The molecule has 0 spiro atoms. The van der Waals surface area contributed by atoms with E-state index in [1.807, 2.05) is 0 Å². The van der Waals surface area contributed by atoms with E-state index >= 15 is 0 Å². The number of aliphatic carboxylic acids is 1. The van der Waals surface area contributed by atoms with Crippen molar-refractivity contribution in [2.24, 2.45) is 10.9 Å². The van der Waals surface area contributed by atoms with Crippen LogP contribution in [0.2, 0.25) is 0 Å². The molecular formula is C8H10N4O4S. The molecule has 1 aromatic heterocycles. The summed E-state index contributed by atoms with van der Waals surface area (Å²) in [5.41, 5.74) is 4.94.